The SMILES string of the molecule is O=C(COc1ccc2c(c1)CNC2)N1CCc2ccccc21. The van der Waals surface area contributed by atoms with Gasteiger partial charge in [-0.05, 0) is 41.3 Å². The largest absolute Gasteiger partial charge is 0.484 e. The summed E-state index contributed by atoms with van der Waals surface area (Å²) in [6.07, 6.45) is 0.923. The Morgan fingerprint density at radius 2 is 1.95 bits per heavy atom. The van der Waals surface area contributed by atoms with Crippen molar-refractivity contribution in [3.05, 3.63) is 59.2 Å². The van der Waals surface area contributed by atoms with E-state index in [0.29, 0.717) is 0 Å². The Kier molecular flexibility index (Phi) is 3.31. The van der Waals surface area contributed by atoms with Gasteiger partial charge in [-0.1, -0.05) is 24.3 Å². The lowest BCUT2D eigenvalue weighted by atomic mass is 10.1. The Hall–Kier alpha value is -2.33. The van der Waals surface area contributed by atoms with E-state index in [0.717, 1.165) is 37.5 Å². The lowest BCUT2D eigenvalue weighted by molar-refractivity contribution is -0.120. The average Bonchev–Trinajstić information content (AvgIpc) is 3.18. The number of hydrogen-bond donors (Lipinski definition) is 1. The smallest absolute Gasteiger partial charge is 0.264 e. The number of ether oxygens (including phenoxy) is 1. The summed E-state index contributed by atoms with van der Waals surface area (Å²) < 4.78 is 5.70. The minimum absolute atomic E-state index is 0.0172. The highest BCUT2D eigenvalue weighted by Gasteiger charge is 2.24. The number of hydrogen-bond acceptors (Lipinski definition) is 3. The Balaban J connectivity index is 1.43. The summed E-state index contributed by atoms with van der Waals surface area (Å²) in [7, 11) is 0. The first kappa shape index (κ1) is 13.3. The van der Waals surface area contributed by atoms with Gasteiger partial charge in [-0.25, -0.2) is 0 Å². The van der Waals surface area contributed by atoms with Crippen molar-refractivity contribution in [1.82, 2.24) is 5.32 Å². The Labute approximate surface area is 129 Å². The molecule has 2 aromatic carbocycles. The molecule has 0 fully saturated rings. The first-order chi connectivity index (χ1) is 10.8. The van der Waals surface area contributed by atoms with Crippen molar-refractivity contribution >= 4 is 11.6 Å². The van der Waals surface area contributed by atoms with E-state index in [9.17, 15) is 4.79 Å². The molecule has 0 unspecified atom stereocenters. The van der Waals surface area contributed by atoms with Gasteiger partial charge < -0.3 is 15.0 Å². The van der Waals surface area contributed by atoms with Gasteiger partial charge in [-0.3, -0.25) is 4.79 Å². The Bertz CT molecular complexity index is 727. The number of carbonyl (C=O) groups excluding carboxylic acids is 1. The number of nitrogens with zero attached hydrogens (tertiary/aromatic N) is 1. The third-order valence-corrected chi connectivity index (χ3v) is 4.36. The van der Waals surface area contributed by atoms with Gasteiger partial charge in [0.05, 0.1) is 0 Å². The van der Waals surface area contributed by atoms with E-state index in [1.165, 1.54) is 16.7 Å². The average molecular weight is 294 g/mol. The predicted molar refractivity (Wildman–Crippen MR) is 85.0 cm³/mol. The molecule has 0 atom stereocenters. The molecule has 0 aliphatic carbocycles. The summed E-state index contributed by atoms with van der Waals surface area (Å²) in [5, 5.41) is 3.30. The van der Waals surface area contributed by atoms with Crippen molar-refractivity contribution in [2.24, 2.45) is 0 Å². The Morgan fingerprint density at radius 1 is 1.09 bits per heavy atom. The number of rotatable bonds is 3. The lowest BCUT2D eigenvalue weighted by Gasteiger charge is -2.17. The van der Waals surface area contributed by atoms with Crippen LogP contribution in [0.1, 0.15) is 16.7 Å². The summed E-state index contributed by atoms with van der Waals surface area (Å²) in [5.74, 6) is 0.784. The number of carbonyl (C=O) groups is 1. The maximum atomic E-state index is 12.4. The molecule has 4 rings (SSSR count). The second-order valence-corrected chi connectivity index (χ2v) is 5.75. The van der Waals surface area contributed by atoms with Crippen molar-refractivity contribution in [2.45, 2.75) is 19.5 Å². The third-order valence-electron chi connectivity index (χ3n) is 4.36. The van der Waals surface area contributed by atoms with Crippen LogP contribution in [0.25, 0.3) is 0 Å². The molecule has 0 bridgehead atoms. The Morgan fingerprint density at radius 3 is 2.91 bits per heavy atom. The molecule has 0 spiro atoms. The van der Waals surface area contributed by atoms with Crippen LogP contribution in [0.15, 0.2) is 42.5 Å². The van der Waals surface area contributed by atoms with Gasteiger partial charge in [-0.15, -0.1) is 0 Å². The molecule has 2 heterocycles. The molecule has 1 N–H and O–H groups in total. The van der Waals surface area contributed by atoms with E-state index in [1.54, 1.807) is 0 Å². The van der Waals surface area contributed by atoms with Crippen molar-refractivity contribution in [3.63, 3.8) is 0 Å². The standard InChI is InChI=1S/C18H18N2O2/c21-18(20-8-7-13-3-1-2-4-17(13)20)12-22-16-6-5-14-10-19-11-15(14)9-16/h1-6,9,19H,7-8,10-12H2. The normalized spacial score (nSPS) is 15.5. The highest BCUT2D eigenvalue weighted by atomic mass is 16.5. The highest BCUT2D eigenvalue weighted by Crippen LogP contribution is 2.27. The molecular weight excluding hydrogens is 276 g/mol. The first-order valence-corrected chi connectivity index (χ1v) is 7.65. The number of amides is 1. The molecule has 112 valence electrons. The fourth-order valence-corrected chi connectivity index (χ4v) is 3.18. The van der Waals surface area contributed by atoms with Gasteiger partial charge in [0.25, 0.3) is 5.91 Å². The summed E-state index contributed by atoms with van der Waals surface area (Å²) in [6.45, 7) is 2.62. The van der Waals surface area contributed by atoms with Crippen LogP contribution in [0.4, 0.5) is 5.69 Å². The molecule has 4 nitrogen and oxygen atoms in total. The van der Waals surface area contributed by atoms with E-state index < -0.39 is 0 Å². The van der Waals surface area contributed by atoms with Gasteiger partial charge in [0.1, 0.15) is 5.75 Å². The molecule has 2 aromatic rings. The monoisotopic (exact) mass is 294 g/mol. The van der Waals surface area contributed by atoms with Gasteiger partial charge in [0.15, 0.2) is 6.61 Å². The summed E-state index contributed by atoms with van der Waals surface area (Å²) in [4.78, 5) is 14.2. The van der Waals surface area contributed by atoms with Crippen molar-refractivity contribution in [3.8, 4) is 5.75 Å². The molecule has 2 aliphatic rings. The second kappa shape index (κ2) is 5.46. The fourth-order valence-electron chi connectivity index (χ4n) is 3.18. The third kappa shape index (κ3) is 2.35. The zero-order valence-corrected chi connectivity index (χ0v) is 12.3. The van der Waals surface area contributed by atoms with Crippen LogP contribution in [0.3, 0.4) is 0 Å². The van der Waals surface area contributed by atoms with Gasteiger partial charge in [-0.2, -0.15) is 0 Å². The molecule has 2 aliphatic heterocycles. The summed E-state index contributed by atoms with van der Waals surface area (Å²) in [5.41, 5.74) is 4.83. The number of para-hydroxylation sites is 1. The van der Waals surface area contributed by atoms with Crippen LogP contribution in [0, 0.1) is 0 Å². The zero-order valence-electron chi connectivity index (χ0n) is 12.3. The maximum absolute atomic E-state index is 12.4. The van der Waals surface area contributed by atoms with E-state index in [4.69, 9.17) is 4.74 Å². The second-order valence-electron chi connectivity index (χ2n) is 5.75. The van der Waals surface area contributed by atoms with E-state index in [1.807, 2.05) is 35.2 Å². The molecule has 0 aromatic heterocycles. The predicted octanol–water partition coefficient (Wildman–Crippen LogP) is 2.26. The van der Waals surface area contributed by atoms with E-state index >= 15 is 0 Å². The van der Waals surface area contributed by atoms with Gasteiger partial charge >= 0.3 is 0 Å². The van der Waals surface area contributed by atoms with Crippen LogP contribution < -0.4 is 15.0 Å². The minimum Gasteiger partial charge on any atom is -0.484 e. The minimum atomic E-state index is 0.0172. The number of fused-ring (bicyclic) bond motifs is 2. The molecule has 22 heavy (non-hydrogen) atoms. The van der Waals surface area contributed by atoms with Crippen molar-refractivity contribution in [2.75, 3.05) is 18.1 Å². The number of nitrogens with one attached hydrogen (secondary N) is 1. The maximum Gasteiger partial charge on any atom is 0.264 e. The van der Waals surface area contributed by atoms with Crippen molar-refractivity contribution < 1.29 is 9.53 Å². The zero-order chi connectivity index (χ0) is 14.9. The number of anilines is 1. The van der Waals surface area contributed by atoms with Crippen LogP contribution in [-0.2, 0) is 24.3 Å². The van der Waals surface area contributed by atoms with Crippen LogP contribution in [0.2, 0.25) is 0 Å². The van der Waals surface area contributed by atoms with Gasteiger partial charge in [0, 0.05) is 25.3 Å². The topological polar surface area (TPSA) is 41.6 Å². The van der Waals surface area contributed by atoms with Crippen molar-refractivity contribution in [1.29, 1.82) is 0 Å². The molecule has 1 amide bonds. The van der Waals surface area contributed by atoms with Crippen LogP contribution >= 0.6 is 0 Å². The summed E-state index contributed by atoms with van der Waals surface area (Å²) in [6, 6.07) is 14.1. The highest BCUT2D eigenvalue weighted by molar-refractivity contribution is 5.96. The summed E-state index contributed by atoms with van der Waals surface area (Å²) >= 11 is 0. The molecule has 0 saturated heterocycles. The van der Waals surface area contributed by atoms with Gasteiger partial charge in [0.2, 0.25) is 0 Å². The quantitative estimate of drug-likeness (QED) is 0.944. The first-order valence-electron chi connectivity index (χ1n) is 7.65. The van der Waals surface area contributed by atoms with E-state index in [2.05, 4.69) is 17.4 Å². The van der Waals surface area contributed by atoms with E-state index in [-0.39, 0.29) is 12.5 Å². The van der Waals surface area contributed by atoms with Crippen LogP contribution in [-0.4, -0.2) is 19.1 Å². The molecule has 4 heteroatoms. The lowest BCUT2D eigenvalue weighted by Crippen LogP contribution is -2.33. The number of benzene rings is 2. The molecular formula is C18H18N2O2. The fraction of sp³-hybridized carbons (Fsp3) is 0.278. The molecule has 0 radical (unpaired) electrons. The molecule has 0 saturated carbocycles. The van der Waals surface area contributed by atoms with Crippen LogP contribution in [0.5, 0.6) is 5.75 Å².